The van der Waals surface area contributed by atoms with Crippen molar-refractivity contribution in [2.45, 2.75) is 192 Å². The van der Waals surface area contributed by atoms with E-state index in [-0.39, 0.29) is 30.4 Å². The van der Waals surface area contributed by atoms with Gasteiger partial charge in [-0.15, -0.1) is 0 Å². The van der Waals surface area contributed by atoms with Crippen molar-refractivity contribution in [2.24, 2.45) is 51.9 Å². The lowest BCUT2D eigenvalue weighted by Gasteiger charge is -2.64. The molecule has 10 N–H and O–H groups in total. The van der Waals surface area contributed by atoms with Gasteiger partial charge in [-0.3, -0.25) is 24.0 Å². The second-order valence-corrected chi connectivity index (χ2v) is 20.8. The summed E-state index contributed by atoms with van der Waals surface area (Å²) in [5.41, 5.74) is 11.7. The number of carbonyl (C=O) groups is 5. The van der Waals surface area contributed by atoms with E-state index in [1.807, 2.05) is 6.92 Å². The van der Waals surface area contributed by atoms with Crippen LogP contribution in [0.4, 0.5) is 0 Å². The Morgan fingerprint density at radius 3 is 1.95 bits per heavy atom. The Labute approximate surface area is 358 Å². The highest BCUT2D eigenvalue weighted by molar-refractivity contribution is 6.47. The van der Waals surface area contributed by atoms with Gasteiger partial charge in [0.1, 0.15) is 24.2 Å². The second kappa shape index (κ2) is 19.3. The molecule has 0 aromatic carbocycles. The second-order valence-electron chi connectivity index (χ2n) is 20.8. The Balaban J connectivity index is 0.963. The van der Waals surface area contributed by atoms with E-state index in [0.717, 1.165) is 49.9 Å². The zero-order chi connectivity index (χ0) is 43.6. The molecule has 0 spiro atoms. The summed E-state index contributed by atoms with van der Waals surface area (Å²) in [6, 6.07) is -4.49. The number of nitrogens with one attached hydrogen (secondary N) is 5. The van der Waals surface area contributed by atoms with Crippen molar-refractivity contribution < 1.29 is 38.4 Å². The van der Waals surface area contributed by atoms with Crippen LogP contribution in [0.25, 0.3) is 0 Å². The Kier molecular flexibility index (Phi) is 15.0. The van der Waals surface area contributed by atoms with Crippen LogP contribution >= 0.6 is 0 Å². The molecule has 5 amide bonds. The molecule has 8 rings (SSSR count). The van der Waals surface area contributed by atoms with Crippen LogP contribution < -0.4 is 38.1 Å². The van der Waals surface area contributed by atoms with Gasteiger partial charge < -0.3 is 52.5 Å². The highest BCUT2D eigenvalue weighted by Gasteiger charge is 2.68. The summed E-state index contributed by atoms with van der Waals surface area (Å²) in [5, 5.41) is 24.3. The van der Waals surface area contributed by atoms with E-state index >= 15 is 0 Å². The number of aliphatic hydroxyl groups excluding tert-OH is 1. The molecule has 7 saturated carbocycles. The van der Waals surface area contributed by atoms with Crippen molar-refractivity contribution in [1.29, 1.82) is 0 Å². The van der Waals surface area contributed by atoms with Crippen molar-refractivity contribution in [1.82, 2.24) is 26.6 Å². The number of amides is 5. The van der Waals surface area contributed by atoms with Gasteiger partial charge in [-0.05, 0) is 171 Å². The summed E-state index contributed by atoms with van der Waals surface area (Å²) in [7, 11) is -0.635. The summed E-state index contributed by atoms with van der Waals surface area (Å²) < 4.78 is 12.9. The van der Waals surface area contributed by atoms with Gasteiger partial charge in [0, 0.05) is 6.42 Å². The molecule has 16 heteroatoms. The average Bonchev–Trinajstić information content (AvgIpc) is 3.55. The molecule has 60 heavy (non-hydrogen) atoms. The van der Waals surface area contributed by atoms with Crippen molar-refractivity contribution in [2.75, 3.05) is 13.1 Å². The Morgan fingerprint density at radius 1 is 0.717 bits per heavy atom. The van der Waals surface area contributed by atoms with E-state index < -0.39 is 72.6 Å². The summed E-state index contributed by atoms with van der Waals surface area (Å²) >= 11 is 0. The largest absolute Gasteiger partial charge is 0.481 e. The first-order valence-electron chi connectivity index (χ1n) is 23.3. The van der Waals surface area contributed by atoms with E-state index in [1.165, 1.54) is 52.4 Å². The fourth-order valence-electron chi connectivity index (χ4n) is 12.7. The van der Waals surface area contributed by atoms with Gasteiger partial charge in [0.15, 0.2) is 0 Å². The lowest BCUT2D eigenvalue weighted by molar-refractivity contribution is -0.199. The smallest absolute Gasteiger partial charge is 0.404 e. The molecule has 338 valence electrons. The van der Waals surface area contributed by atoms with Gasteiger partial charge in [-0.1, -0.05) is 20.3 Å². The van der Waals surface area contributed by atoms with E-state index in [4.69, 9.17) is 20.8 Å². The SMILES string of the molecule is C[C@H](NC(=O)[C@H](CCCCN)NC(=O)[C@H](C)NC(=O)[C@@H](NC(=O)[C@H](CCN)NC(=O)CCCCC12CC3CC(CC(C3)C1)C2)[C@@H](C)O)B1OC2C[C@@H]3C[C@@H](C3(C)C)[C@]2(C)O1. The third-order valence-electron chi connectivity index (χ3n) is 15.8. The summed E-state index contributed by atoms with van der Waals surface area (Å²) in [6.07, 6.45) is 13.7. The predicted molar refractivity (Wildman–Crippen MR) is 228 cm³/mol. The van der Waals surface area contributed by atoms with E-state index in [2.05, 4.69) is 47.4 Å². The van der Waals surface area contributed by atoms with E-state index in [0.29, 0.717) is 49.5 Å². The molecule has 15 nitrogen and oxygen atoms in total. The maximum atomic E-state index is 13.7. The van der Waals surface area contributed by atoms with Crippen LogP contribution in [-0.2, 0) is 33.3 Å². The third kappa shape index (κ3) is 10.4. The van der Waals surface area contributed by atoms with Gasteiger partial charge in [0.25, 0.3) is 0 Å². The lowest BCUT2D eigenvalue weighted by Crippen LogP contribution is -2.65. The fourth-order valence-corrected chi connectivity index (χ4v) is 12.7. The van der Waals surface area contributed by atoms with Crippen LogP contribution in [0.5, 0.6) is 0 Å². The first-order chi connectivity index (χ1) is 28.4. The van der Waals surface area contributed by atoms with Crippen LogP contribution in [0, 0.1) is 40.4 Å². The topological polar surface area (TPSA) is 236 Å². The molecule has 10 atom stereocenters. The maximum Gasteiger partial charge on any atom is 0.481 e. The predicted octanol–water partition coefficient (Wildman–Crippen LogP) is 2.35. The Hall–Kier alpha value is -2.79. The Morgan fingerprint density at radius 2 is 1.35 bits per heavy atom. The first-order valence-corrected chi connectivity index (χ1v) is 23.3. The number of carbonyl (C=O) groups excluding carboxylic acids is 5. The number of aliphatic hydroxyl groups is 1. The van der Waals surface area contributed by atoms with Crippen molar-refractivity contribution in [3.05, 3.63) is 0 Å². The molecule has 0 radical (unpaired) electrons. The molecule has 6 bridgehead atoms. The molecule has 8 fully saturated rings. The number of unbranched alkanes of at least 4 members (excludes halogenated alkanes) is 2. The van der Waals surface area contributed by atoms with Crippen LogP contribution in [-0.4, -0.2) is 103 Å². The third-order valence-corrected chi connectivity index (χ3v) is 15.8. The van der Waals surface area contributed by atoms with Gasteiger partial charge >= 0.3 is 7.12 Å². The number of nitrogens with two attached hydrogens (primary N) is 2. The standard InChI is InChI=1S/C44H76BN7O8/c1-25(38(55)51-32(11-8-10-15-46)39(56)49-27(3)45-59-35-21-31-20-34(42(31,4)5)43(35,6)60-45)48-41(58)37(26(2)53)52-40(57)33(13-16-47)50-36(54)12-7-9-14-44-22-28-17-29(23-44)19-30(18-28)24-44/h25-35,37,53H,7-24,46-47H2,1-6H3,(H,48,58)(H,49,56)(H,50,54)(H,51,55)(H,52,57)/t25-,26+,27-,28?,29?,30?,31-,32-,33-,34-,35?,37-,43-,44?/m0/s1. The number of hydrogen-bond donors (Lipinski definition) is 8. The number of rotatable bonds is 22. The van der Waals surface area contributed by atoms with Crippen LogP contribution in [0.1, 0.15) is 144 Å². The molecule has 8 aliphatic rings. The van der Waals surface area contributed by atoms with Crippen molar-refractivity contribution in [3.63, 3.8) is 0 Å². The summed E-state index contributed by atoms with van der Waals surface area (Å²) in [6.45, 7) is 11.9. The van der Waals surface area contributed by atoms with Gasteiger partial charge in [0.05, 0.1) is 23.8 Å². The average molecular weight is 842 g/mol. The molecular weight excluding hydrogens is 765 g/mol. The minimum absolute atomic E-state index is 0.0426. The highest BCUT2D eigenvalue weighted by Crippen LogP contribution is 2.66. The molecule has 1 aliphatic heterocycles. The van der Waals surface area contributed by atoms with Crippen LogP contribution in [0.2, 0.25) is 0 Å². The normalized spacial score (nSPS) is 33.6. The Bertz CT molecular complexity index is 1530. The molecule has 1 saturated heterocycles. The zero-order valence-corrected chi connectivity index (χ0v) is 37.2. The maximum absolute atomic E-state index is 13.7. The minimum Gasteiger partial charge on any atom is -0.404 e. The minimum atomic E-state index is -1.43. The fraction of sp³-hybridized carbons (Fsp3) is 0.886. The summed E-state index contributed by atoms with van der Waals surface area (Å²) in [5.74, 6) is 0.390. The number of hydrogen-bond acceptors (Lipinski definition) is 10. The zero-order valence-electron chi connectivity index (χ0n) is 37.2. The summed E-state index contributed by atoms with van der Waals surface area (Å²) in [4.78, 5) is 67.1. The highest BCUT2D eigenvalue weighted by atomic mass is 16.7. The van der Waals surface area contributed by atoms with Gasteiger partial charge in [-0.2, -0.15) is 0 Å². The van der Waals surface area contributed by atoms with Crippen molar-refractivity contribution >= 4 is 36.7 Å². The molecule has 7 aliphatic carbocycles. The van der Waals surface area contributed by atoms with E-state index in [1.54, 1.807) is 0 Å². The van der Waals surface area contributed by atoms with Crippen LogP contribution in [0.15, 0.2) is 0 Å². The monoisotopic (exact) mass is 842 g/mol. The quantitative estimate of drug-likeness (QED) is 0.0586. The first kappa shape index (κ1) is 46.7. The lowest BCUT2D eigenvalue weighted by atomic mass is 9.43. The van der Waals surface area contributed by atoms with Crippen molar-refractivity contribution in [3.8, 4) is 0 Å². The molecule has 1 heterocycles. The molecule has 1 unspecified atom stereocenters. The van der Waals surface area contributed by atoms with Gasteiger partial charge in [-0.25, -0.2) is 0 Å². The molecule has 0 aromatic heterocycles. The van der Waals surface area contributed by atoms with Gasteiger partial charge in [0.2, 0.25) is 29.5 Å². The van der Waals surface area contributed by atoms with Crippen LogP contribution in [0.3, 0.4) is 0 Å². The van der Waals surface area contributed by atoms with E-state index in [9.17, 15) is 29.1 Å². The molecule has 0 aromatic rings. The molecular formula is C44H76BN7O8.